The molecule has 4 heterocycles. The predicted molar refractivity (Wildman–Crippen MR) is 102 cm³/mol. The molecule has 0 fully saturated rings. The minimum absolute atomic E-state index is 0.0927. The Morgan fingerprint density at radius 1 is 1.27 bits per heavy atom. The van der Waals surface area contributed by atoms with E-state index in [-0.39, 0.29) is 12.5 Å². The topological polar surface area (TPSA) is 77.6 Å². The Balaban J connectivity index is 1.66. The molecule has 4 aromatic rings. The number of carbonyl (C=O) groups excluding carboxylic acids is 1. The van der Waals surface area contributed by atoms with Crippen LogP contribution in [0.2, 0.25) is 0 Å². The summed E-state index contributed by atoms with van der Waals surface area (Å²) >= 11 is 1.67. The van der Waals surface area contributed by atoms with E-state index >= 15 is 0 Å². The summed E-state index contributed by atoms with van der Waals surface area (Å²) < 4.78 is 3.30. The largest absolute Gasteiger partial charge is 0.309 e. The Hall–Kier alpha value is -3.00. The summed E-state index contributed by atoms with van der Waals surface area (Å²) in [7, 11) is 1.80. The average Bonchev–Trinajstić information content (AvgIpc) is 3.30. The average molecular weight is 366 g/mol. The van der Waals surface area contributed by atoms with E-state index in [2.05, 4.69) is 26.6 Å². The first-order valence-electron chi connectivity index (χ1n) is 8.19. The van der Waals surface area contributed by atoms with Crippen molar-refractivity contribution in [2.24, 2.45) is 7.05 Å². The third-order valence-corrected chi connectivity index (χ3v) is 5.06. The van der Waals surface area contributed by atoms with Crippen molar-refractivity contribution >= 4 is 34.1 Å². The molecule has 0 spiro atoms. The third kappa shape index (κ3) is 2.88. The first-order valence-corrected chi connectivity index (χ1v) is 9.07. The van der Waals surface area contributed by atoms with Crippen molar-refractivity contribution in [2.45, 2.75) is 20.4 Å². The number of anilines is 1. The van der Waals surface area contributed by atoms with Crippen LogP contribution in [0, 0.1) is 13.8 Å². The van der Waals surface area contributed by atoms with Crippen molar-refractivity contribution < 1.29 is 4.79 Å². The van der Waals surface area contributed by atoms with Crippen LogP contribution in [0.25, 0.3) is 21.5 Å². The van der Waals surface area contributed by atoms with Gasteiger partial charge >= 0.3 is 0 Å². The second kappa shape index (κ2) is 6.38. The zero-order chi connectivity index (χ0) is 18.3. The smallest absolute Gasteiger partial charge is 0.247 e. The maximum Gasteiger partial charge on any atom is 0.247 e. The monoisotopic (exact) mass is 366 g/mol. The standard InChI is InChI=1S/C18H18N6OS/c1-11-9-15(23(3)21-11)20-16(25)10-24-18-17(12(2)22-24)13(6-7-19-18)14-5-4-8-26-14/h4-9H,10H2,1-3H3,(H,20,25). The third-order valence-electron chi connectivity index (χ3n) is 4.16. The van der Waals surface area contributed by atoms with E-state index in [1.807, 2.05) is 37.4 Å². The fraction of sp³-hybridized carbons (Fsp3) is 0.222. The van der Waals surface area contributed by atoms with Gasteiger partial charge < -0.3 is 5.32 Å². The number of nitrogens with one attached hydrogen (secondary N) is 1. The van der Waals surface area contributed by atoms with E-state index in [9.17, 15) is 4.79 Å². The summed E-state index contributed by atoms with van der Waals surface area (Å²) in [4.78, 5) is 18.1. The second-order valence-electron chi connectivity index (χ2n) is 6.12. The van der Waals surface area contributed by atoms with Crippen molar-refractivity contribution in [1.82, 2.24) is 24.5 Å². The van der Waals surface area contributed by atoms with E-state index in [4.69, 9.17) is 0 Å². The number of aromatic nitrogens is 5. The maximum absolute atomic E-state index is 12.5. The Morgan fingerprint density at radius 2 is 2.12 bits per heavy atom. The normalized spacial score (nSPS) is 11.2. The molecule has 1 amide bonds. The number of fused-ring (bicyclic) bond motifs is 1. The number of nitrogens with zero attached hydrogens (tertiary/aromatic N) is 5. The van der Waals surface area contributed by atoms with Gasteiger partial charge in [0.2, 0.25) is 5.91 Å². The SMILES string of the molecule is Cc1cc(NC(=O)Cn2nc(C)c3c(-c4cccs4)ccnc32)n(C)n1. The number of hydrogen-bond acceptors (Lipinski definition) is 5. The maximum atomic E-state index is 12.5. The highest BCUT2D eigenvalue weighted by atomic mass is 32.1. The molecule has 0 unspecified atom stereocenters. The summed E-state index contributed by atoms with van der Waals surface area (Å²) in [5, 5.41) is 14.7. The van der Waals surface area contributed by atoms with Crippen LogP contribution in [-0.2, 0) is 18.4 Å². The molecule has 0 aliphatic heterocycles. The van der Waals surface area contributed by atoms with E-state index in [0.717, 1.165) is 27.2 Å². The van der Waals surface area contributed by atoms with Gasteiger partial charge in [0.05, 0.1) is 16.8 Å². The first-order chi connectivity index (χ1) is 12.5. The zero-order valence-electron chi connectivity index (χ0n) is 14.7. The fourth-order valence-corrected chi connectivity index (χ4v) is 3.83. The lowest BCUT2D eigenvalue weighted by Crippen LogP contribution is -2.21. The lowest BCUT2D eigenvalue weighted by Gasteiger charge is -2.06. The lowest BCUT2D eigenvalue weighted by atomic mass is 10.1. The molecule has 0 radical (unpaired) electrons. The van der Waals surface area contributed by atoms with Crippen molar-refractivity contribution in [3.05, 3.63) is 47.2 Å². The molecule has 4 aromatic heterocycles. The summed E-state index contributed by atoms with van der Waals surface area (Å²) in [5.74, 6) is 0.494. The van der Waals surface area contributed by atoms with Gasteiger partial charge in [-0.25, -0.2) is 9.67 Å². The Kier molecular flexibility index (Phi) is 4.04. The van der Waals surface area contributed by atoms with Crippen LogP contribution in [0.5, 0.6) is 0 Å². The summed E-state index contributed by atoms with van der Waals surface area (Å²) in [6.45, 7) is 3.92. The van der Waals surface area contributed by atoms with Gasteiger partial charge in [-0.1, -0.05) is 6.07 Å². The molecule has 0 aliphatic carbocycles. The first kappa shape index (κ1) is 16.5. The number of hydrogen-bond donors (Lipinski definition) is 1. The van der Waals surface area contributed by atoms with Gasteiger partial charge in [0.15, 0.2) is 5.65 Å². The van der Waals surface area contributed by atoms with Crippen LogP contribution in [0.1, 0.15) is 11.4 Å². The van der Waals surface area contributed by atoms with Crippen LogP contribution in [0.15, 0.2) is 35.8 Å². The molecule has 0 bridgehead atoms. The molecule has 0 aromatic carbocycles. The fourth-order valence-electron chi connectivity index (χ4n) is 3.07. The number of rotatable bonds is 4. The van der Waals surface area contributed by atoms with Crippen molar-refractivity contribution in [1.29, 1.82) is 0 Å². The van der Waals surface area contributed by atoms with Gasteiger partial charge in [-0.15, -0.1) is 11.3 Å². The van der Waals surface area contributed by atoms with Crippen LogP contribution in [-0.4, -0.2) is 30.5 Å². The predicted octanol–water partition coefficient (Wildman–Crippen LogP) is 3.15. The van der Waals surface area contributed by atoms with Gasteiger partial charge in [0, 0.05) is 29.8 Å². The van der Waals surface area contributed by atoms with Crippen molar-refractivity contribution in [3.63, 3.8) is 0 Å². The molecule has 8 heteroatoms. The molecule has 4 rings (SSSR count). The molecule has 1 N–H and O–H groups in total. The molecule has 0 saturated heterocycles. The molecule has 0 aliphatic rings. The molecule has 132 valence electrons. The Morgan fingerprint density at radius 3 is 2.81 bits per heavy atom. The number of carbonyl (C=O) groups is 1. The highest BCUT2D eigenvalue weighted by Gasteiger charge is 2.17. The van der Waals surface area contributed by atoms with E-state index in [1.54, 1.807) is 33.9 Å². The summed E-state index contributed by atoms with van der Waals surface area (Å²) in [6.07, 6.45) is 1.76. The van der Waals surface area contributed by atoms with Crippen molar-refractivity contribution in [3.8, 4) is 10.4 Å². The van der Waals surface area contributed by atoms with E-state index in [0.29, 0.717) is 11.5 Å². The summed E-state index contributed by atoms with van der Waals surface area (Å²) in [5.41, 5.74) is 3.52. The number of thiophene rings is 1. The quantitative estimate of drug-likeness (QED) is 0.602. The summed E-state index contributed by atoms with van der Waals surface area (Å²) in [6, 6.07) is 7.92. The van der Waals surface area contributed by atoms with Crippen LogP contribution >= 0.6 is 11.3 Å². The molecule has 0 atom stereocenters. The molecular formula is C18H18N6OS. The van der Waals surface area contributed by atoms with Crippen LogP contribution < -0.4 is 5.32 Å². The number of aryl methyl sites for hydroxylation is 3. The van der Waals surface area contributed by atoms with E-state index in [1.165, 1.54) is 0 Å². The van der Waals surface area contributed by atoms with Crippen molar-refractivity contribution in [2.75, 3.05) is 5.32 Å². The highest BCUT2D eigenvalue weighted by molar-refractivity contribution is 7.13. The van der Waals surface area contributed by atoms with Gasteiger partial charge in [0.25, 0.3) is 0 Å². The van der Waals surface area contributed by atoms with Crippen LogP contribution in [0.3, 0.4) is 0 Å². The van der Waals surface area contributed by atoms with Gasteiger partial charge in [-0.2, -0.15) is 10.2 Å². The molecule has 7 nitrogen and oxygen atoms in total. The van der Waals surface area contributed by atoms with Gasteiger partial charge in [-0.05, 0) is 31.4 Å². The van der Waals surface area contributed by atoms with Crippen LogP contribution in [0.4, 0.5) is 5.82 Å². The Bertz CT molecular complexity index is 1090. The second-order valence-corrected chi connectivity index (χ2v) is 7.07. The van der Waals surface area contributed by atoms with Gasteiger partial charge in [-0.3, -0.25) is 9.48 Å². The lowest BCUT2D eigenvalue weighted by molar-refractivity contribution is -0.116. The van der Waals surface area contributed by atoms with Gasteiger partial charge in [0.1, 0.15) is 12.4 Å². The Labute approximate surface area is 154 Å². The minimum Gasteiger partial charge on any atom is -0.309 e. The van der Waals surface area contributed by atoms with E-state index < -0.39 is 0 Å². The molecule has 26 heavy (non-hydrogen) atoms. The zero-order valence-corrected chi connectivity index (χ0v) is 15.5. The molecule has 0 saturated carbocycles. The molecular weight excluding hydrogens is 348 g/mol. The number of amides is 1. The number of pyridine rings is 1. The highest BCUT2D eigenvalue weighted by Crippen LogP contribution is 2.32. The minimum atomic E-state index is -0.166.